The number of hydrogen-bond acceptors (Lipinski definition) is 5. The first-order chi connectivity index (χ1) is 7.92. The van der Waals surface area contributed by atoms with Crippen LogP contribution in [-0.4, -0.2) is 48.4 Å². The summed E-state index contributed by atoms with van der Waals surface area (Å²) in [5.41, 5.74) is -0.492. The third-order valence-electron chi connectivity index (χ3n) is 3.50. The van der Waals surface area contributed by atoms with Gasteiger partial charge in [0.05, 0.1) is 6.10 Å². The molecule has 3 unspecified atom stereocenters. The number of nitrogens with zero attached hydrogens (tertiary/aromatic N) is 1. The molecule has 0 fully saturated rings. The lowest BCUT2D eigenvalue weighted by Gasteiger charge is -2.41. The Bertz CT molecular complexity index is 352. The highest BCUT2D eigenvalue weighted by Crippen LogP contribution is 2.31. The van der Waals surface area contributed by atoms with Gasteiger partial charge in [0.2, 0.25) is 0 Å². The van der Waals surface area contributed by atoms with Crippen LogP contribution >= 0.6 is 0 Å². The van der Waals surface area contributed by atoms with E-state index in [1.54, 1.807) is 25.8 Å². The van der Waals surface area contributed by atoms with Crippen LogP contribution in [0.3, 0.4) is 0 Å². The van der Waals surface area contributed by atoms with Gasteiger partial charge in [0.1, 0.15) is 6.23 Å². The Hall–Kier alpha value is -0.210. The summed E-state index contributed by atoms with van der Waals surface area (Å²) in [6.45, 7) is 8.96. The third kappa shape index (κ3) is 5.19. The molecule has 0 aliphatic rings. The molecule has 0 aromatic carbocycles. The number of hydrogen-bond donors (Lipinski definition) is 2. The molecule has 0 saturated carbocycles. The van der Waals surface area contributed by atoms with Gasteiger partial charge in [0.25, 0.3) is 0 Å². The first-order valence-electron chi connectivity index (χ1n) is 5.98. The first-order valence-corrected chi connectivity index (χ1v) is 7.34. The average molecular weight is 283 g/mol. The molecule has 2 N–H and O–H groups in total. The van der Waals surface area contributed by atoms with Gasteiger partial charge in [0, 0.05) is 11.5 Å². The van der Waals surface area contributed by atoms with Gasteiger partial charge in [0.15, 0.2) is 0 Å². The summed E-state index contributed by atoms with van der Waals surface area (Å²) in [7, 11) is -2.89. The van der Waals surface area contributed by atoms with Crippen molar-refractivity contribution in [3.8, 4) is 0 Å². The lowest BCUT2D eigenvalue weighted by Crippen LogP contribution is -2.52. The number of aliphatic hydroxyl groups is 1. The van der Waals surface area contributed by atoms with Crippen LogP contribution in [0.4, 0.5) is 0 Å². The van der Waals surface area contributed by atoms with Crippen molar-refractivity contribution >= 4 is 10.4 Å². The second-order valence-corrected chi connectivity index (χ2v) is 6.41. The predicted octanol–water partition coefficient (Wildman–Crippen LogP) is 1.27. The Morgan fingerprint density at radius 1 is 1.33 bits per heavy atom. The van der Waals surface area contributed by atoms with Crippen molar-refractivity contribution in [3.63, 3.8) is 0 Å². The minimum Gasteiger partial charge on any atom is -0.392 e. The van der Waals surface area contributed by atoms with E-state index in [4.69, 9.17) is 8.74 Å². The fraction of sp³-hybridized carbons (Fsp3) is 1.00. The Morgan fingerprint density at radius 3 is 2.06 bits per heavy atom. The van der Waals surface area contributed by atoms with Gasteiger partial charge in [-0.1, -0.05) is 20.8 Å². The van der Waals surface area contributed by atoms with Crippen LogP contribution in [-0.2, 0) is 14.6 Å². The van der Waals surface area contributed by atoms with Gasteiger partial charge in [-0.3, -0.25) is 9.45 Å². The normalized spacial score (nSPS) is 18.7. The first kappa shape index (κ1) is 17.8. The van der Waals surface area contributed by atoms with Gasteiger partial charge in [-0.05, 0) is 27.3 Å². The van der Waals surface area contributed by atoms with Crippen molar-refractivity contribution in [2.45, 2.75) is 59.4 Å². The summed E-state index contributed by atoms with van der Waals surface area (Å²) in [5, 5.41) is 9.57. The van der Waals surface area contributed by atoms with E-state index in [0.29, 0.717) is 6.42 Å². The fourth-order valence-corrected chi connectivity index (χ4v) is 2.22. The molecule has 0 spiro atoms. The molecule has 7 heteroatoms. The zero-order valence-electron chi connectivity index (χ0n) is 11.9. The van der Waals surface area contributed by atoms with Crippen LogP contribution in [0.2, 0.25) is 0 Å². The van der Waals surface area contributed by atoms with Crippen molar-refractivity contribution in [2.24, 2.45) is 5.41 Å². The zero-order valence-corrected chi connectivity index (χ0v) is 12.7. The molecule has 3 atom stereocenters. The summed E-state index contributed by atoms with van der Waals surface area (Å²) >= 11 is 0. The maximum atomic E-state index is 10.9. The molecule has 110 valence electrons. The highest BCUT2D eigenvalue weighted by atomic mass is 32.3. The largest absolute Gasteiger partial charge is 0.398 e. The molecule has 6 nitrogen and oxygen atoms in total. The topological polar surface area (TPSA) is 87.1 Å². The highest BCUT2D eigenvalue weighted by Gasteiger charge is 2.38. The van der Waals surface area contributed by atoms with Crippen LogP contribution in [0.15, 0.2) is 0 Å². The molecule has 0 aliphatic carbocycles. The second-order valence-electron chi connectivity index (χ2n) is 5.37. The van der Waals surface area contributed by atoms with Crippen molar-refractivity contribution in [1.29, 1.82) is 0 Å². The van der Waals surface area contributed by atoms with Crippen molar-refractivity contribution < 1.29 is 22.3 Å². The molecule has 0 aromatic heterocycles. The molecular formula is C11H25NO5S. The van der Waals surface area contributed by atoms with Crippen LogP contribution < -0.4 is 0 Å². The Labute approximate surface area is 110 Å². The van der Waals surface area contributed by atoms with Crippen LogP contribution in [0.1, 0.15) is 41.0 Å². The van der Waals surface area contributed by atoms with E-state index in [2.05, 4.69) is 0 Å². The summed E-state index contributed by atoms with van der Waals surface area (Å²) in [5.74, 6) is 0. The molecule has 0 amide bonds. The van der Waals surface area contributed by atoms with E-state index in [0.717, 1.165) is 0 Å². The molecule has 0 saturated heterocycles. The summed E-state index contributed by atoms with van der Waals surface area (Å²) in [6, 6.07) is -0.303. The van der Waals surface area contributed by atoms with E-state index in [9.17, 15) is 13.5 Å². The second kappa shape index (κ2) is 6.29. The Balaban J connectivity index is 5.22. The Morgan fingerprint density at radius 2 is 1.78 bits per heavy atom. The van der Waals surface area contributed by atoms with Crippen molar-refractivity contribution in [3.05, 3.63) is 0 Å². The van der Waals surface area contributed by atoms with Gasteiger partial charge in [-0.25, -0.2) is 4.18 Å². The van der Waals surface area contributed by atoms with Gasteiger partial charge >= 0.3 is 10.4 Å². The SMILES string of the molecule is CCC(C)(C)C(OS(=O)(=O)O)N(C)C(C)C(C)O. The summed E-state index contributed by atoms with van der Waals surface area (Å²) < 4.78 is 35.5. The van der Waals surface area contributed by atoms with Gasteiger partial charge in [-0.15, -0.1) is 0 Å². The maximum Gasteiger partial charge on any atom is 0.398 e. The lowest BCUT2D eigenvalue weighted by atomic mass is 9.87. The molecule has 18 heavy (non-hydrogen) atoms. The highest BCUT2D eigenvalue weighted by molar-refractivity contribution is 7.80. The average Bonchev–Trinajstić information content (AvgIpc) is 2.22. The minimum absolute atomic E-state index is 0.303. The Kier molecular flexibility index (Phi) is 6.22. The standard InChI is InChI=1S/C11H25NO5S/c1-7-11(4,5)10(17-18(14,15)16)12(6)8(2)9(3)13/h8-10,13H,7H2,1-6H3,(H,14,15,16). The van der Waals surface area contributed by atoms with E-state index in [1.165, 1.54) is 0 Å². The number of aliphatic hydroxyl groups excluding tert-OH is 1. The lowest BCUT2D eigenvalue weighted by molar-refractivity contribution is -0.0851. The molecule has 0 heterocycles. The van der Waals surface area contributed by atoms with E-state index in [1.807, 2.05) is 20.8 Å². The van der Waals surface area contributed by atoms with E-state index in [-0.39, 0.29) is 6.04 Å². The van der Waals surface area contributed by atoms with Crippen molar-refractivity contribution in [1.82, 2.24) is 4.90 Å². The quantitative estimate of drug-likeness (QED) is 0.540. The smallest absolute Gasteiger partial charge is 0.392 e. The molecular weight excluding hydrogens is 258 g/mol. The van der Waals surface area contributed by atoms with E-state index >= 15 is 0 Å². The third-order valence-corrected chi connectivity index (χ3v) is 3.93. The summed E-state index contributed by atoms with van der Waals surface area (Å²) in [6.07, 6.45) is -0.832. The number of rotatable bonds is 7. The zero-order chi connectivity index (χ0) is 14.7. The summed E-state index contributed by atoms with van der Waals surface area (Å²) in [4.78, 5) is 1.61. The van der Waals surface area contributed by atoms with Crippen LogP contribution in [0.25, 0.3) is 0 Å². The number of likely N-dealkylation sites (N-methyl/N-ethyl adjacent to an activating group) is 1. The van der Waals surface area contributed by atoms with Gasteiger partial charge < -0.3 is 5.11 Å². The van der Waals surface area contributed by atoms with Gasteiger partial charge in [-0.2, -0.15) is 8.42 Å². The fourth-order valence-electron chi connectivity index (χ4n) is 1.59. The van der Waals surface area contributed by atoms with E-state index < -0.39 is 28.1 Å². The monoisotopic (exact) mass is 283 g/mol. The van der Waals surface area contributed by atoms with Crippen LogP contribution in [0.5, 0.6) is 0 Å². The molecule has 0 aliphatic heterocycles. The maximum absolute atomic E-state index is 10.9. The molecule has 0 rings (SSSR count). The van der Waals surface area contributed by atoms with Crippen molar-refractivity contribution in [2.75, 3.05) is 7.05 Å². The molecule has 0 aromatic rings. The minimum atomic E-state index is -4.54. The predicted molar refractivity (Wildman–Crippen MR) is 69.4 cm³/mol. The molecule has 0 bridgehead atoms. The van der Waals surface area contributed by atoms with Crippen LogP contribution in [0, 0.1) is 5.41 Å². The molecule has 0 radical (unpaired) electrons.